The van der Waals surface area contributed by atoms with E-state index in [-0.39, 0.29) is 16.8 Å². The minimum atomic E-state index is -1.08. The van der Waals surface area contributed by atoms with Gasteiger partial charge in [-0.15, -0.1) is 0 Å². The van der Waals surface area contributed by atoms with Gasteiger partial charge in [-0.25, -0.2) is 9.18 Å². The Morgan fingerprint density at radius 1 is 1.47 bits per heavy atom. The molecule has 3 nitrogen and oxygen atoms in total. The molecule has 0 aromatic heterocycles. The average molecular weight is 237 g/mol. The van der Waals surface area contributed by atoms with Crippen LogP contribution in [0.4, 0.5) is 10.1 Å². The Kier molecular flexibility index (Phi) is 2.81. The molecule has 0 aliphatic carbocycles. The van der Waals surface area contributed by atoms with Crippen LogP contribution in [0.1, 0.15) is 37.0 Å². The SMILES string of the molecule is CC1(C)CCCN1c1c(F)cccc1C(=O)O. The van der Waals surface area contributed by atoms with E-state index >= 15 is 0 Å². The van der Waals surface area contributed by atoms with E-state index in [1.54, 1.807) is 0 Å². The Labute approximate surface area is 99.9 Å². The largest absolute Gasteiger partial charge is 0.478 e. The van der Waals surface area contributed by atoms with Crippen molar-refractivity contribution < 1.29 is 14.3 Å². The van der Waals surface area contributed by atoms with Crippen molar-refractivity contribution in [3.05, 3.63) is 29.6 Å². The van der Waals surface area contributed by atoms with Crippen molar-refractivity contribution in [1.29, 1.82) is 0 Å². The van der Waals surface area contributed by atoms with Crippen LogP contribution >= 0.6 is 0 Å². The maximum Gasteiger partial charge on any atom is 0.337 e. The smallest absolute Gasteiger partial charge is 0.337 e. The molecule has 0 saturated carbocycles. The van der Waals surface area contributed by atoms with Crippen molar-refractivity contribution >= 4 is 11.7 Å². The fraction of sp³-hybridized carbons (Fsp3) is 0.462. The molecule has 1 aliphatic rings. The first-order valence-electron chi connectivity index (χ1n) is 5.73. The van der Waals surface area contributed by atoms with E-state index in [9.17, 15) is 9.18 Å². The zero-order chi connectivity index (χ0) is 12.6. The lowest BCUT2D eigenvalue weighted by molar-refractivity contribution is 0.0697. The van der Waals surface area contributed by atoms with Crippen molar-refractivity contribution in [2.45, 2.75) is 32.2 Å². The number of hydrogen-bond acceptors (Lipinski definition) is 2. The Balaban J connectivity index is 2.54. The molecule has 1 aromatic carbocycles. The Bertz CT molecular complexity index is 457. The molecule has 4 heteroatoms. The van der Waals surface area contributed by atoms with Gasteiger partial charge in [0, 0.05) is 12.1 Å². The van der Waals surface area contributed by atoms with Crippen molar-refractivity contribution in [2.75, 3.05) is 11.4 Å². The number of carboxylic acids is 1. The first-order valence-corrected chi connectivity index (χ1v) is 5.73. The molecular formula is C13H16FNO2. The fourth-order valence-corrected chi connectivity index (χ4v) is 2.48. The lowest BCUT2D eigenvalue weighted by Crippen LogP contribution is -2.39. The maximum absolute atomic E-state index is 13.9. The van der Waals surface area contributed by atoms with Gasteiger partial charge in [-0.3, -0.25) is 0 Å². The summed E-state index contributed by atoms with van der Waals surface area (Å²) in [4.78, 5) is 13.0. The number of aromatic carboxylic acids is 1. The molecule has 1 fully saturated rings. The first kappa shape index (κ1) is 11.9. The highest BCUT2D eigenvalue weighted by Gasteiger charge is 2.35. The molecule has 0 spiro atoms. The zero-order valence-corrected chi connectivity index (χ0v) is 10.0. The van der Waals surface area contributed by atoms with Gasteiger partial charge in [0.25, 0.3) is 0 Å². The van der Waals surface area contributed by atoms with Crippen LogP contribution in [0.5, 0.6) is 0 Å². The first-order chi connectivity index (χ1) is 7.93. The van der Waals surface area contributed by atoms with Gasteiger partial charge in [0.15, 0.2) is 0 Å². The monoisotopic (exact) mass is 237 g/mol. The van der Waals surface area contributed by atoms with Gasteiger partial charge in [0.05, 0.1) is 11.3 Å². The average Bonchev–Trinajstić information content (AvgIpc) is 2.57. The van der Waals surface area contributed by atoms with E-state index < -0.39 is 11.8 Å². The molecule has 2 rings (SSSR count). The molecule has 0 amide bonds. The summed E-state index contributed by atoms with van der Waals surface area (Å²) in [5.74, 6) is -1.54. The number of para-hydroxylation sites is 1. The highest BCUT2D eigenvalue weighted by atomic mass is 19.1. The van der Waals surface area contributed by atoms with E-state index in [4.69, 9.17) is 5.11 Å². The van der Waals surface area contributed by atoms with Crippen LogP contribution in [0.2, 0.25) is 0 Å². The van der Waals surface area contributed by atoms with Crippen LogP contribution in [-0.4, -0.2) is 23.2 Å². The van der Waals surface area contributed by atoms with Crippen LogP contribution in [0.25, 0.3) is 0 Å². The zero-order valence-electron chi connectivity index (χ0n) is 10.0. The highest BCUT2D eigenvalue weighted by molar-refractivity contribution is 5.94. The minimum absolute atomic E-state index is 0.0416. The summed E-state index contributed by atoms with van der Waals surface area (Å²) in [5.41, 5.74) is 0.0781. The predicted molar refractivity (Wildman–Crippen MR) is 64.0 cm³/mol. The Morgan fingerprint density at radius 2 is 2.18 bits per heavy atom. The number of carbonyl (C=O) groups is 1. The molecule has 1 aromatic rings. The normalized spacial score (nSPS) is 18.4. The number of hydrogen-bond donors (Lipinski definition) is 1. The molecule has 92 valence electrons. The number of halogens is 1. The molecule has 1 heterocycles. The van der Waals surface area contributed by atoms with Crippen LogP contribution in [0.15, 0.2) is 18.2 Å². The number of rotatable bonds is 2. The molecule has 1 aliphatic heterocycles. The summed E-state index contributed by atoms with van der Waals surface area (Å²) in [5, 5.41) is 9.13. The summed E-state index contributed by atoms with van der Waals surface area (Å²) in [6.45, 7) is 4.73. The van der Waals surface area contributed by atoms with E-state index in [0.717, 1.165) is 12.8 Å². The molecule has 1 N–H and O–H groups in total. The topological polar surface area (TPSA) is 40.5 Å². The number of anilines is 1. The number of nitrogens with zero attached hydrogens (tertiary/aromatic N) is 1. The standard InChI is InChI=1S/C13H16FNO2/c1-13(2)7-4-8-15(13)11-9(12(16)17)5-3-6-10(11)14/h3,5-6H,4,7-8H2,1-2H3,(H,16,17). The Hall–Kier alpha value is -1.58. The van der Waals surface area contributed by atoms with Crippen molar-refractivity contribution in [3.8, 4) is 0 Å². The third kappa shape index (κ3) is 1.99. The van der Waals surface area contributed by atoms with Gasteiger partial charge < -0.3 is 10.0 Å². The number of benzene rings is 1. The van der Waals surface area contributed by atoms with Crippen LogP contribution < -0.4 is 4.90 Å². The highest BCUT2D eigenvalue weighted by Crippen LogP contribution is 2.37. The fourth-order valence-electron chi connectivity index (χ4n) is 2.48. The summed E-state index contributed by atoms with van der Waals surface area (Å²) in [7, 11) is 0. The van der Waals surface area contributed by atoms with Gasteiger partial charge in [0.2, 0.25) is 0 Å². The second-order valence-electron chi connectivity index (χ2n) is 5.01. The lowest BCUT2D eigenvalue weighted by atomic mass is 10.0. The molecule has 17 heavy (non-hydrogen) atoms. The third-order valence-corrected chi connectivity index (χ3v) is 3.39. The second-order valence-corrected chi connectivity index (χ2v) is 5.01. The minimum Gasteiger partial charge on any atom is -0.478 e. The second kappa shape index (κ2) is 4.02. The van der Waals surface area contributed by atoms with Crippen molar-refractivity contribution in [2.24, 2.45) is 0 Å². The quantitative estimate of drug-likeness (QED) is 0.859. The molecule has 0 bridgehead atoms. The van der Waals surface area contributed by atoms with Crippen LogP contribution in [-0.2, 0) is 0 Å². The van der Waals surface area contributed by atoms with Crippen LogP contribution in [0.3, 0.4) is 0 Å². The van der Waals surface area contributed by atoms with E-state index in [0.29, 0.717) is 6.54 Å². The molecule has 0 atom stereocenters. The molecular weight excluding hydrogens is 221 g/mol. The van der Waals surface area contributed by atoms with Gasteiger partial charge in [-0.05, 0) is 38.8 Å². The van der Waals surface area contributed by atoms with Gasteiger partial charge in [-0.2, -0.15) is 0 Å². The van der Waals surface area contributed by atoms with Gasteiger partial charge in [0.1, 0.15) is 5.82 Å². The van der Waals surface area contributed by atoms with E-state index in [1.807, 2.05) is 18.7 Å². The van der Waals surface area contributed by atoms with E-state index in [1.165, 1.54) is 18.2 Å². The molecule has 1 saturated heterocycles. The molecule has 0 radical (unpaired) electrons. The maximum atomic E-state index is 13.9. The summed E-state index contributed by atoms with van der Waals surface area (Å²) >= 11 is 0. The number of carboxylic acid groups (broad SMARTS) is 1. The van der Waals surface area contributed by atoms with Crippen LogP contribution in [0, 0.1) is 5.82 Å². The summed E-state index contributed by atoms with van der Waals surface area (Å²) in [6.07, 6.45) is 1.90. The lowest BCUT2D eigenvalue weighted by Gasteiger charge is -2.34. The van der Waals surface area contributed by atoms with Gasteiger partial charge >= 0.3 is 5.97 Å². The summed E-state index contributed by atoms with van der Waals surface area (Å²) in [6, 6.07) is 4.21. The third-order valence-electron chi connectivity index (χ3n) is 3.39. The van der Waals surface area contributed by atoms with Gasteiger partial charge in [-0.1, -0.05) is 6.07 Å². The Morgan fingerprint density at radius 3 is 2.71 bits per heavy atom. The van der Waals surface area contributed by atoms with Crippen molar-refractivity contribution in [3.63, 3.8) is 0 Å². The molecule has 0 unspecified atom stereocenters. The van der Waals surface area contributed by atoms with E-state index in [2.05, 4.69) is 0 Å². The summed E-state index contributed by atoms with van der Waals surface area (Å²) < 4.78 is 13.9. The predicted octanol–water partition coefficient (Wildman–Crippen LogP) is 2.90. The van der Waals surface area contributed by atoms with Crippen molar-refractivity contribution in [1.82, 2.24) is 0 Å².